The summed E-state index contributed by atoms with van der Waals surface area (Å²) in [6.07, 6.45) is 4.39. The molecule has 0 spiro atoms. The average molecular weight is 313 g/mol. The van der Waals surface area contributed by atoms with Gasteiger partial charge < -0.3 is 4.74 Å². The van der Waals surface area contributed by atoms with Crippen LogP contribution in [0.25, 0.3) is 11.0 Å². The number of nitrogens with zero attached hydrogens (tertiary/aromatic N) is 7. The topological polar surface area (TPSA) is 64.2 Å². The molecule has 0 amide bonds. The zero-order valence-corrected chi connectivity index (χ0v) is 13.0. The van der Waals surface area contributed by atoms with Gasteiger partial charge in [0.05, 0.1) is 24.4 Å². The lowest BCUT2D eigenvalue weighted by atomic mass is 10.3. The van der Waals surface area contributed by atoms with Crippen molar-refractivity contribution in [3.05, 3.63) is 36.9 Å². The summed E-state index contributed by atoms with van der Waals surface area (Å²) in [5, 5.41) is 9.92. The van der Waals surface area contributed by atoms with Crippen molar-refractivity contribution in [1.82, 2.24) is 29.3 Å². The number of rotatable bonds is 5. The molecule has 0 bridgehead atoms. The normalized spacial score (nSPS) is 15.3. The van der Waals surface area contributed by atoms with Gasteiger partial charge in [-0.15, -0.1) is 10.2 Å². The molecule has 1 aromatic carbocycles. The minimum Gasteiger partial charge on any atom is -0.385 e. The van der Waals surface area contributed by atoms with Crippen molar-refractivity contribution in [2.24, 2.45) is 0 Å². The Morgan fingerprint density at radius 3 is 2.78 bits per heavy atom. The molecular formula is C15H19N7O. The Bertz CT molecular complexity index is 782. The molecule has 1 aliphatic rings. The van der Waals surface area contributed by atoms with Crippen LogP contribution in [0.15, 0.2) is 36.9 Å². The van der Waals surface area contributed by atoms with Crippen LogP contribution in [0.1, 0.15) is 6.42 Å². The van der Waals surface area contributed by atoms with Crippen LogP contribution in [0.2, 0.25) is 0 Å². The maximum absolute atomic E-state index is 5.17. The van der Waals surface area contributed by atoms with E-state index < -0.39 is 0 Å². The van der Waals surface area contributed by atoms with Gasteiger partial charge in [0.25, 0.3) is 0 Å². The lowest BCUT2D eigenvalue weighted by Crippen LogP contribution is -2.47. The van der Waals surface area contributed by atoms with E-state index in [-0.39, 0.29) is 0 Å². The van der Waals surface area contributed by atoms with Crippen LogP contribution < -0.4 is 5.01 Å². The largest absolute Gasteiger partial charge is 0.385 e. The Morgan fingerprint density at radius 2 is 1.96 bits per heavy atom. The highest BCUT2D eigenvalue weighted by Gasteiger charge is 2.26. The minimum atomic E-state index is 0.741. The van der Waals surface area contributed by atoms with Crippen LogP contribution in [0, 0.1) is 0 Å². The summed E-state index contributed by atoms with van der Waals surface area (Å²) in [5.74, 6) is 0.911. The fourth-order valence-corrected chi connectivity index (χ4v) is 2.97. The van der Waals surface area contributed by atoms with Gasteiger partial charge in [-0.05, 0) is 18.6 Å². The summed E-state index contributed by atoms with van der Waals surface area (Å²) in [4.78, 5) is 7.14. The second-order valence-electron chi connectivity index (χ2n) is 5.59. The first-order chi connectivity index (χ1) is 11.4. The molecule has 0 saturated heterocycles. The van der Waals surface area contributed by atoms with Gasteiger partial charge in [-0.3, -0.25) is 9.47 Å². The lowest BCUT2D eigenvalue weighted by Gasteiger charge is -2.36. The molecule has 4 rings (SSSR count). The van der Waals surface area contributed by atoms with Gasteiger partial charge in [-0.25, -0.2) is 14.7 Å². The molecule has 120 valence electrons. The van der Waals surface area contributed by atoms with Crippen molar-refractivity contribution >= 4 is 17.0 Å². The van der Waals surface area contributed by atoms with Gasteiger partial charge >= 0.3 is 0 Å². The SMILES string of the molecule is COCCCN1CN(n2cnnc2)c2nc3ccccc3n2C1. The monoisotopic (exact) mass is 313 g/mol. The Morgan fingerprint density at radius 1 is 1.13 bits per heavy atom. The Hall–Kier alpha value is -2.45. The van der Waals surface area contributed by atoms with Crippen molar-refractivity contribution in [1.29, 1.82) is 0 Å². The number of benzene rings is 1. The van der Waals surface area contributed by atoms with E-state index in [0.717, 1.165) is 49.9 Å². The standard InChI is InChI=1S/C15H19N7O/c1-23-8-4-7-19-11-21-14-6-3-2-5-13(14)18-15(21)22(12-19)20-9-16-17-10-20/h2-3,5-6,9-10H,4,7-8,11-12H2,1H3. The van der Waals surface area contributed by atoms with Crippen LogP contribution in [0.5, 0.6) is 0 Å². The molecule has 0 unspecified atom stereocenters. The van der Waals surface area contributed by atoms with Gasteiger partial charge in [-0.1, -0.05) is 12.1 Å². The molecule has 3 heterocycles. The maximum Gasteiger partial charge on any atom is 0.228 e. The van der Waals surface area contributed by atoms with Crippen molar-refractivity contribution in [2.45, 2.75) is 13.1 Å². The van der Waals surface area contributed by atoms with E-state index >= 15 is 0 Å². The van der Waals surface area contributed by atoms with Gasteiger partial charge in [0.2, 0.25) is 5.95 Å². The molecule has 0 fully saturated rings. The molecule has 2 aromatic heterocycles. The van der Waals surface area contributed by atoms with Gasteiger partial charge in [0.1, 0.15) is 12.7 Å². The third-order valence-electron chi connectivity index (χ3n) is 4.05. The van der Waals surface area contributed by atoms with E-state index in [1.807, 2.05) is 22.9 Å². The van der Waals surface area contributed by atoms with Crippen LogP contribution >= 0.6 is 0 Å². The third kappa shape index (κ3) is 2.55. The number of aromatic nitrogens is 5. The van der Waals surface area contributed by atoms with Crippen LogP contribution in [-0.2, 0) is 11.4 Å². The lowest BCUT2D eigenvalue weighted by molar-refractivity contribution is 0.147. The first-order valence-corrected chi connectivity index (χ1v) is 7.66. The second-order valence-corrected chi connectivity index (χ2v) is 5.59. The predicted octanol–water partition coefficient (Wildman–Crippen LogP) is 1.16. The van der Waals surface area contributed by atoms with E-state index in [1.54, 1.807) is 19.8 Å². The highest BCUT2D eigenvalue weighted by atomic mass is 16.5. The molecule has 23 heavy (non-hydrogen) atoms. The molecule has 0 saturated carbocycles. The Kier molecular flexibility index (Phi) is 3.68. The predicted molar refractivity (Wildman–Crippen MR) is 85.7 cm³/mol. The summed E-state index contributed by atoms with van der Waals surface area (Å²) in [6.45, 7) is 3.28. The summed E-state index contributed by atoms with van der Waals surface area (Å²) in [5.41, 5.74) is 2.14. The number of anilines is 1. The molecule has 8 heteroatoms. The summed E-state index contributed by atoms with van der Waals surface area (Å²) in [7, 11) is 1.74. The zero-order chi connectivity index (χ0) is 15.6. The fourth-order valence-electron chi connectivity index (χ4n) is 2.97. The van der Waals surface area contributed by atoms with Crippen molar-refractivity contribution in [3.63, 3.8) is 0 Å². The van der Waals surface area contributed by atoms with Crippen LogP contribution in [0.4, 0.5) is 5.95 Å². The number of ether oxygens (including phenoxy) is 1. The first-order valence-electron chi connectivity index (χ1n) is 7.66. The smallest absolute Gasteiger partial charge is 0.228 e. The molecule has 3 aromatic rings. The first kappa shape index (κ1) is 14.2. The van der Waals surface area contributed by atoms with Gasteiger partial charge in [0, 0.05) is 20.3 Å². The molecule has 8 nitrogen and oxygen atoms in total. The van der Waals surface area contributed by atoms with E-state index in [2.05, 4.69) is 30.7 Å². The number of hydrogen-bond donors (Lipinski definition) is 0. The second kappa shape index (κ2) is 5.98. The van der Waals surface area contributed by atoms with E-state index in [1.165, 1.54) is 0 Å². The number of fused-ring (bicyclic) bond motifs is 3. The van der Waals surface area contributed by atoms with Crippen LogP contribution in [-0.4, -0.2) is 56.3 Å². The number of para-hydroxylation sites is 2. The third-order valence-corrected chi connectivity index (χ3v) is 4.05. The van der Waals surface area contributed by atoms with Crippen molar-refractivity contribution in [3.8, 4) is 0 Å². The summed E-state index contributed by atoms with van der Waals surface area (Å²) >= 11 is 0. The summed E-state index contributed by atoms with van der Waals surface area (Å²) < 4.78 is 9.28. The number of imidazole rings is 1. The molecule has 0 N–H and O–H groups in total. The van der Waals surface area contributed by atoms with Crippen molar-refractivity contribution < 1.29 is 4.74 Å². The number of hydrogen-bond acceptors (Lipinski definition) is 6. The van der Waals surface area contributed by atoms with E-state index in [9.17, 15) is 0 Å². The molecular weight excluding hydrogens is 294 g/mol. The van der Waals surface area contributed by atoms with Gasteiger partial charge in [-0.2, -0.15) is 0 Å². The maximum atomic E-state index is 5.17. The Labute approximate surface area is 133 Å². The average Bonchev–Trinajstić information content (AvgIpc) is 3.22. The highest BCUT2D eigenvalue weighted by molar-refractivity contribution is 5.78. The fraction of sp³-hybridized carbons (Fsp3) is 0.400. The molecule has 1 aliphatic heterocycles. The van der Waals surface area contributed by atoms with Crippen LogP contribution in [0.3, 0.4) is 0 Å². The Balaban J connectivity index is 1.72. The highest BCUT2D eigenvalue weighted by Crippen LogP contribution is 2.27. The van der Waals surface area contributed by atoms with E-state index in [0.29, 0.717) is 0 Å². The molecule has 0 atom stereocenters. The van der Waals surface area contributed by atoms with Gasteiger partial charge in [0.15, 0.2) is 0 Å². The van der Waals surface area contributed by atoms with E-state index in [4.69, 9.17) is 9.72 Å². The van der Waals surface area contributed by atoms with Crippen molar-refractivity contribution in [2.75, 3.05) is 31.9 Å². The minimum absolute atomic E-state index is 0.741. The zero-order valence-electron chi connectivity index (χ0n) is 13.0. The molecule has 0 aliphatic carbocycles. The summed E-state index contributed by atoms with van der Waals surface area (Å²) in [6, 6.07) is 8.21. The molecule has 0 radical (unpaired) electrons. The number of methoxy groups -OCH3 is 1. The quantitative estimate of drug-likeness (QED) is 0.659.